The van der Waals surface area contributed by atoms with Crippen molar-refractivity contribution < 1.29 is 14.3 Å². The standard InChI is InChI=1S/C17H18N2O3/c1-12(20)19-15-7-4-6-14(10-15)17(21)18-11-13-5-3-8-16(9-13)22-2/h3-10H,11H2,1-2H3,(H,18,21)(H,19,20). The minimum atomic E-state index is -0.199. The number of benzene rings is 2. The molecule has 0 unspecified atom stereocenters. The highest BCUT2D eigenvalue weighted by Crippen LogP contribution is 2.13. The highest BCUT2D eigenvalue weighted by molar-refractivity contribution is 5.96. The van der Waals surface area contributed by atoms with Gasteiger partial charge in [-0.15, -0.1) is 0 Å². The van der Waals surface area contributed by atoms with Gasteiger partial charge in [-0.1, -0.05) is 18.2 Å². The lowest BCUT2D eigenvalue weighted by Gasteiger charge is -2.08. The van der Waals surface area contributed by atoms with E-state index in [1.54, 1.807) is 31.4 Å². The van der Waals surface area contributed by atoms with Gasteiger partial charge in [-0.05, 0) is 35.9 Å². The van der Waals surface area contributed by atoms with Gasteiger partial charge in [-0.3, -0.25) is 9.59 Å². The lowest BCUT2D eigenvalue weighted by molar-refractivity contribution is -0.114. The normalized spacial score (nSPS) is 9.91. The maximum atomic E-state index is 12.2. The van der Waals surface area contributed by atoms with Crippen LogP contribution >= 0.6 is 0 Å². The smallest absolute Gasteiger partial charge is 0.251 e. The van der Waals surface area contributed by atoms with Gasteiger partial charge in [0.1, 0.15) is 5.75 Å². The van der Waals surface area contributed by atoms with Gasteiger partial charge in [0.2, 0.25) is 5.91 Å². The van der Waals surface area contributed by atoms with E-state index in [0.717, 1.165) is 11.3 Å². The molecule has 2 aromatic carbocycles. The molecule has 114 valence electrons. The summed E-state index contributed by atoms with van der Waals surface area (Å²) in [5.74, 6) is 0.378. The zero-order valence-corrected chi connectivity index (χ0v) is 12.6. The van der Waals surface area contributed by atoms with E-state index in [9.17, 15) is 9.59 Å². The number of rotatable bonds is 5. The summed E-state index contributed by atoms with van der Waals surface area (Å²) in [7, 11) is 1.60. The van der Waals surface area contributed by atoms with Crippen molar-refractivity contribution in [3.63, 3.8) is 0 Å². The van der Waals surface area contributed by atoms with Gasteiger partial charge >= 0.3 is 0 Å². The summed E-state index contributed by atoms with van der Waals surface area (Å²) in [6.45, 7) is 1.83. The number of hydrogen-bond donors (Lipinski definition) is 2. The summed E-state index contributed by atoms with van der Waals surface area (Å²) >= 11 is 0. The summed E-state index contributed by atoms with van der Waals surface area (Å²) in [6.07, 6.45) is 0. The Kier molecular flexibility index (Phi) is 5.14. The molecule has 5 nitrogen and oxygen atoms in total. The Hall–Kier alpha value is -2.82. The van der Waals surface area contributed by atoms with Crippen molar-refractivity contribution in [2.45, 2.75) is 13.5 Å². The fourth-order valence-corrected chi connectivity index (χ4v) is 2.01. The lowest BCUT2D eigenvalue weighted by Crippen LogP contribution is -2.23. The lowest BCUT2D eigenvalue weighted by atomic mass is 10.1. The van der Waals surface area contributed by atoms with Crippen LogP contribution in [-0.2, 0) is 11.3 Å². The minimum absolute atomic E-state index is 0.172. The monoisotopic (exact) mass is 298 g/mol. The Balaban J connectivity index is 2.01. The molecule has 0 spiro atoms. The SMILES string of the molecule is COc1cccc(CNC(=O)c2cccc(NC(C)=O)c2)c1. The summed E-state index contributed by atoms with van der Waals surface area (Å²) in [5, 5.41) is 5.49. The van der Waals surface area contributed by atoms with E-state index >= 15 is 0 Å². The first-order chi connectivity index (χ1) is 10.6. The molecule has 0 bridgehead atoms. The first-order valence-electron chi connectivity index (χ1n) is 6.87. The molecule has 0 saturated carbocycles. The number of ether oxygens (including phenoxy) is 1. The van der Waals surface area contributed by atoms with E-state index in [4.69, 9.17) is 4.74 Å². The molecule has 0 aliphatic heterocycles. The Labute approximate surface area is 129 Å². The molecule has 0 heterocycles. The summed E-state index contributed by atoms with van der Waals surface area (Å²) in [4.78, 5) is 23.2. The van der Waals surface area contributed by atoms with Crippen molar-refractivity contribution in [1.82, 2.24) is 5.32 Å². The Morgan fingerprint density at radius 1 is 1.09 bits per heavy atom. The predicted octanol–water partition coefficient (Wildman–Crippen LogP) is 2.58. The van der Waals surface area contributed by atoms with E-state index in [1.807, 2.05) is 24.3 Å². The fourth-order valence-electron chi connectivity index (χ4n) is 2.01. The van der Waals surface area contributed by atoms with Crippen LogP contribution in [0.2, 0.25) is 0 Å². The molecular weight excluding hydrogens is 280 g/mol. The number of nitrogens with one attached hydrogen (secondary N) is 2. The van der Waals surface area contributed by atoms with Crippen LogP contribution in [0.1, 0.15) is 22.8 Å². The molecule has 2 rings (SSSR count). The average molecular weight is 298 g/mol. The van der Waals surface area contributed by atoms with Crippen molar-refractivity contribution >= 4 is 17.5 Å². The number of anilines is 1. The Bertz CT molecular complexity index is 683. The van der Waals surface area contributed by atoms with Crippen molar-refractivity contribution in [3.05, 3.63) is 59.7 Å². The zero-order chi connectivity index (χ0) is 15.9. The second-order valence-electron chi connectivity index (χ2n) is 4.80. The van der Waals surface area contributed by atoms with Crippen LogP contribution in [0.5, 0.6) is 5.75 Å². The van der Waals surface area contributed by atoms with E-state index in [-0.39, 0.29) is 11.8 Å². The first-order valence-corrected chi connectivity index (χ1v) is 6.87. The molecule has 0 atom stereocenters. The molecular formula is C17H18N2O3. The van der Waals surface area contributed by atoms with Gasteiger partial charge in [0, 0.05) is 24.7 Å². The largest absolute Gasteiger partial charge is 0.497 e. The summed E-state index contributed by atoms with van der Waals surface area (Å²) in [5.41, 5.74) is 2.04. The predicted molar refractivity (Wildman–Crippen MR) is 84.9 cm³/mol. The van der Waals surface area contributed by atoms with Crippen molar-refractivity contribution in [1.29, 1.82) is 0 Å². The molecule has 2 aromatic rings. The molecule has 22 heavy (non-hydrogen) atoms. The third kappa shape index (κ3) is 4.34. The van der Waals surface area contributed by atoms with Gasteiger partial charge in [0.25, 0.3) is 5.91 Å². The highest BCUT2D eigenvalue weighted by atomic mass is 16.5. The number of amides is 2. The van der Waals surface area contributed by atoms with Crippen LogP contribution in [0.4, 0.5) is 5.69 Å². The van der Waals surface area contributed by atoms with Gasteiger partial charge in [-0.25, -0.2) is 0 Å². The molecule has 2 amide bonds. The molecule has 0 aromatic heterocycles. The topological polar surface area (TPSA) is 67.4 Å². The number of carbonyl (C=O) groups is 2. The average Bonchev–Trinajstić information content (AvgIpc) is 2.52. The first kappa shape index (κ1) is 15.6. The molecule has 2 N–H and O–H groups in total. The van der Waals surface area contributed by atoms with Gasteiger partial charge in [0.05, 0.1) is 7.11 Å². The molecule has 0 radical (unpaired) electrons. The minimum Gasteiger partial charge on any atom is -0.497 e. The third-order valence-electron chi connectivity index (χ3n) is 3.03. The fraction of sp³-hybridized carbons (Fsp3) is 0.176. The maximum Gasteiger partial charge on any atom is 0.251 e. The second kappa shape index (κ2) is 7.26. The maximum absolute atomic E-state index is 12.2. The van der Waals surface area contributed by atoms with Crippen LogP contribution in [0.25, 0.3) is 0 Å². The number of hydrogen-bond acceptors (Lipinski definition) is 3. The van der Waals surface area contributed by atoms with Crippen molar-refractivity contribution in [2.24, 2.45) is 0 Å². The molecule has 0 aliphatic rings. The molecule has 0 aliphatic carbocycles. The van der Waals surface area contributed by atoms with Gasteiger partial charge in [-0.2, -0.15) is 0 Å². The van der Waals surface area contributed by atoms with Crippen LogP contribution < -0.4 is 15.4 Å². The van der Waals surface area contributed by atoms with Crippen molar-refractivity contribution in [2.75, 3.05) is 12.4 Å². The Morgan fingerprint density at radius 2 is 1.86 bits per heavy atom. The third-order valence-corrected chi connectivity index (χ3v) is 3.03. The van der Waals surface area contributed by atoms with E-state index in [1.165, 1.54) is 6.92 Å². The van der Waals surface area contributed by atoms with E-state index < -0.39 is 0 Å². The van der Waals surface area contributed by atoms with Crippen LogP contribution in [-0.4, -0.2) is 18.9 Å². The number of methoxy groups -OCH3 is 1. The van der Waals surface area contributed by atoms with Gasteiger partial charge < -0.3 is 15.4 Å². The van der Waals surface area contributed by atoms with Crippen LogP contribution in [0.15, 0.2) is 48.5 Å². The van der Waals surface area contributed by atoms with Gasteiger partial charge in [0.15, 0.2) is 0 Å². The Morgan fingerprint density at radius 3 is 2.59 bits per heavy atom. The van der Waals surface area contributed by atoms with Crippen LogP contribution in [0, 0.1) is 0 Å². The number of carbonyl (C=O) groups excluding carboxylic acids is 2. The van der Waals surface area contributed by atoms with E-state index in [2.05, 4.69) is 10.6 Å². The molecule has 5 heteroatoms. The van der Waals surface area contributed by atoms with Crippen molar-refractivity contribution in [3.8, 4) is 5.75 Å². The highest BCUT2D eigenvalue weighted by Gasteiger charge is 2.07. The molecule has 0 saturated heterocycles. The second-order valence-corrected chi connectivity index (χ2v) is 4.80. The molecule has 0 fully saturated rings. The summed E-state index contributed by atoms with van der Waals surface area (Å²) in [6, 6.07) is 14.3. The van der Waals surface area contributed by atoms with E-state index in [0.29, 0.717) is 17.8 Å². The zero-order valence-electron chi connectivity index (χ0n) is 12.6. The van der Waals surface area contributed by atoms with Crippen LogP contribution in [0.3, 0.4) is 0 Å². The summed E-state index contributed by atoms with van der Waals surface area (Å²) < 4.78 is 5.15. The quantitative estimate of drug-likeness (QED) is 0.891.